The largest absolute Gasteiger partial charge is 0.381 e. The maximum Gasteiger partial charge on any atom is 0.161 e. The smallest absolute Gasteiger partial charge is 0.161 e. The third kappa shape index (κ3) is 2.06. The van der Waals surface area contributed by atoms with Crippen molar-refractivity contribution in [1.82, 2.24) is 0 Å². The lowest BCUT2D eigenvalue weighted by Gasteiger charge is -2.59. The molecule has 1 N–H and O–H groups in total. The predicted molar refractivity (Wildman–Crippen MR) is 92.8 cm³/mol. The monoisotopic (exact) mass is 346 g/mol. The number of carbonyl (C=O) groups excluding carboxylic acids is 3. The summed E-state index contributed by atoms with van der Waals surface area (Å²) in [6.07, 6.45) is 5.64. The molecule has 4 rings (SSSR count). The minimum absolute atomic E-state index is 0.00623. The maximum absolute atomic E-state index is 13.3. The number of carbonyl (C=O) groups is 3. The van der Waals surface area contributed by atoms with Crippen LogP contribution in [0.2, 0.25) is 0 Å². The summed E-state index contributed by atoms with van der Waals surface area (Å²) in [5.74, 6) is 1.22. The number of ketones is 3. The second kappa shape index (κ2) is 5.25. The van der Waals surface area contributed by atoms with E-state index in [4.69, 9.17) is 0 Å². The number of aliphatic hydroxyl groups is 1. The van der Waals surface area contributed by atoms with Crippen molar-refractivity contribution < 1.29 is 19.5 Å². The zero-order valence-corrected chi connectivity index (χ0v) is 15.6. The lowest BCUT2D eigenvalue weighted by molar-refractivity contribution is -0.176. The van der Waals surface area contributed by atoms with Crippen LogP contribution in [0.3, 0.4) is 0 Å². The summed E-state index contributed by atoms with van der Waals surface area (Å²) in [4.78, 5) is 37.5. The molecule has 25 heavy (non-hydrogen) atoms. The molecule has 0 aromatic rings. The molecule has 7 atom stereocenters. The van der Waals surface area contributed by atoms with E-state index in [2.05, 4.69) is 6.92 Å². The number of hydrogen-bond donors (Lipinski definition) is 1. The van der Waals surface area contributed by atoms with Gasteiger partial charge >= 0.3 is 0 Å². The molecule has 0 aromatic carbocycles. The molecule has 0 bridgehead atoms. The molecule has 0 radical (unpaired) electrons. The van der Waals surface area contributed by atoms with Gasteiger partial charge in [-0.2, -0.15) is 0 Å². The fraction of sp³-hybridized carbons (Fsp3) is 0.857. The molecule has 0 heterocycles. The molecule has 4 saturated carbocycles. The highest BCUT2D eigenvalue weighted by molar-refractivity contribution is 5.90. The Kier molecular flexibility index (Phi) is 3.65. The summed E-state index contributed by atoms with van der Waals surface area (Å²) in [5, 5.41) is 11.1. The van der Waals surface area contributed by atoms with Crippen molar-refractivity contribution in [2.45, 2.75) is 77.7 Å². The van der Waals surface area contributed by atoms with E-state index in [1.54, 1.807) is 0 Å². The summed E-state index contributed by atoms with van der Waals surface area (Å²) in [7, 11) is 0. The maximum atomic E-state index is 13.3. The van der Waals surface area contributed by atoms with Gasteiger partial charge in [-0.3, -0.25) is 14.4 Å². The van der Waals surface area contributed by atoms with Crippen molar-refractivity contribution in [3.63, 3.8) is 0 Å². The van der Waals surface area contributed by atoms with Gasteiger partial charge in [0.1, 0.15) is 17.2 Å². The summed E-state index contributed by atoms with van der Waals surface area (Å²) in [5.41, 5.74) is -2.05. The van der Waals surface area contributed by atoms with Gasteiger partial charge in [0.2, 0.25) is 0 Å². The van der Waals surface area contributed by atoms with Crippen LogP contribution in [0.4, 0.5) is 0 Å². The van der Waals surface area contributed by atoms with Crippen LogP contribution in [-0.4, -0.2) is 28.1 Å². The van der Waals surface area contributed by atoms with Gasteiger partial charge in [-0.15, -0.1) is 0 Å². The number of hydrogen-bond acceptors (Lipinski definition) is 4. The molecule has 0 amide bonds. The average Bonchev–Trinajstić information content (AvgIpc) is 2.80. The molecule has 0 aromatic heterocycles. The Morgan fingerprint density at radius 2 is 1.84 bits per heavy atom. The highest BCUT2D eigenvalue weighted by atomic mass is 16.3. The number of fused-ring (bicyclic) bond motifs is 5. The fourth-order valence-electron chi connectivity index (χ4n) is 7.44. The Morgan fingerprint density at radius 3 is 2.52 bits per heavy atom. The molecule has 0 spiro atoms. The topological polar surface area (TPSA) is 71.4 Å². The summed E-state index contributed by atoms with van der Waals surface area (Å²) in [6.45, 7) is 5.67. The molecule has 4 heteroatoms. The van der Waals surface area contributed by atoms with Crippen molar-refractivity contribution in [1.29, 1.82) is 0 Å². The van der Waals surface area contributed by atoms with E-state index in [9.17, 15) is 19.5 Å². The van der Waals surface area contributed by atoms with E-state index < -0.39 is 11.0 Å². The summed E-state index contributed by atoms with van der Waals surface area (Å²) >= 11 is 0. The van der Waals surface area contributed by atoms with Crippen molar-refractivity contribution in [2.24, 2.45) is 34.5 Å². The third-order valence-electron chi connectivity index (χ3n) is 8.90. The fourth-order valence-corrected chi connectivity index (χ4v) is 7.44. The Hall–Kier alpha value is -1.03. The molecule has 4 nitrogen and oxygen atoms in total. The lowest BCUT2D eigenvalue weighted by atomic mass is 9.44. The van der Waals surface area contributed by atoms with E-state index in [0.29, 0.717) is 37.4 Å². The van der Waals surface area contributed by atoms with Gasteiger partial charge in [-0.25, -0.2) is 0 Å². The van der Waals surface area contributed by atoms with E-state index >= 15 is 0 Å². The van der Waals surface area contributed by atoms with E-state index in [-0.39, 0.29) is 34.7 Å². The van der Waals surface area contributed by atoms with Crippen LogP contribution in [0.25, 0.3) is 0 Å². The average molecular weight is 346 g/mol. The normalized spacial score (nSPS) is 52.3. The second-order valence-electron chi connectivity index (χ2n) is 9.79. The summed E-state index contributed by atoms with van der Waals surface area (Å²) in [6, 6.07) is 0. The van der Waals surface area contributed by atoms with E-state index in [1.807, 2.05) is 6.92 Å². The molecule has 138 valence electrons. The van der Waals surface area contributed by atoms with E-state index in [1.165, 1.54) is 6.92 Å². The lowest BCUT2D eigenvalue weighted by Crippen LogP contribution is -2.61. The molecule has 4 aliphatic carbocycles. The van der Waals surface area contributed by atoms with Gasteiger partial charge in [0.05, 0.1) is 0 Å². The number of rotatable bonds is 1. The molecule has 0 saturated heterocycles. The quantitative estimate of drug-likeness (QED) is 0.792. The number of Topliss-reactive ketones (excluding diaryl/α,β-unsaturated/α-hetero) is 3. The Labute approximate surface area is 149 Å². The van der Waals surface area contributed by atoms with Crippen LogP contribution in [-0.2, 0) is 14.4 Å². The standard InChI is InChI=1S/C21H30O4/c1-12(22)21(25)9-7-16-15-5-4-13-10-14(23)6-8-19(13,2)18(15)17(24)11-20(16,21)3/h13,15-16,18,25H,4-11H2,1-3H3/t13?,15-,16-,18+,19-,20-,21-/m0/s1. The van der Waals surface area contributed by atoms with Crippen LogP contribution < -0.4 is 0 Å². The van der Waals surface area contributed by atoms with Gasteiger partial charge < -0.3 is 5.11 Å². The molecule has 1 unspecified atom stereocenters. The van der Waals surface area contributed by atoms with Crippen molar-refractivity contribution in [2.75, 3.05) is 0 Å². The van der Waals surface area contributed by atoms with Crippen molar-refractivity contribution in [3.05, 3.63) is 0 Å². The van der Waals surface area contributed by atoms with Gasteiger partial charge in [0, 0.05) is 30.6 Å². The van der Waals surface area contributed by atoms with Gasteiger partial charge in [0.15, 0.2) is 5.78 Å². The first-order valence-electron chi connectivity index (χ1n) is 9.91. The first-order chi connectivity index (χ1) is 11.6. The zero-order valence-electron chi connectivity index (χ0n) is 15.6. The molecular formula is C21H30O4. The van der Waals surface area contributed by atoms with Crippen LogP contribution >= 0.6 is 0 Å². The first kappa shape index (κ1) is 17.4. The van der Waals surface area contributed by atoms with E-state index in [0.717, 1.165) is 25.7 Å². The molecule has 4 aliphatic rings. The van der Waals surface area contributed by atoms with Crippen LogP contribution in [0.5, 0.6) is 0 Å². The minimum atomic E-state index is -1.35. The predicted octanol–water partition coefficient (Wildman–Crippen LogP) is 3.10. The zero-order chi connectivity index (χ0) is 18.2. The highest BCUT2D eigenvalue weighted by Gasteiger charge is 2.68. The molecule has 4 fully saturated rings. The molecular weight excluding hydrogens is 316 g/mol. The first-order valence-corrected chi connectivity index (χ1v) is 9.91. The van der Waals surface area contributed by atoms with Crippen LogP contribution in [0.1, 0.15) is 72.1 Å². The highest BCUT2D eigenvalue weighted by Crippen LogP contribution is 2.67. The Balaban J connectivity index is 1.72. The third-order valence-corrected chi connectivity index (χ3v) is 8.90. The van der Waals surface area contributed by atoms with Crippen molar-refractivity contribution >= 4 is 17.3 Å². The summed E-state index contributed by atoms with van der Waals surface area (Å²) < 4.78 is 0. The van der Waals surface area contributed by atoms with Crippen LogP contribution in [0.15, 0.2) is 0 Å². The van der Waals surface area contributed by atoms with Crippen LogP contribution in [0, 0.1) is 34.5 Å². The Morgan fingerprint density at radius 1 is 1.12 bits per heavy atom. The van der Waals surface area contributed by atoms with Gasteiger partial charge in [0.25, 0.3) is 0 Å². The molecule has 0 aliphatic heterocycles. The van der Waals surface area contributed by atoms with Gasteiger partial charge in [-0.1, -0.05) is 13.8 Å². The van der Waals surface area contributed by atoms with Crippen molar-refractivity contribution in [3.8, 4) is 0 Å². The second-order valence-corrected chi connectivity index (χ2v) is 9.79. The Bertz CT molecular complexity index is 654. The van der Waals surface area contributed by atoms with Gasteiger partial charge in [-0.05, 0) is 62.2 Å². The minimum Gasteiger partial charge on any atom is -0.381 e. The SMILES string of the molecule is CC(=O)[C@@]1(O)CC[C@H]2[C@@H]3CCC4CC(=O)CC[C@]4(C)[C@H]3C(=O)C[C@@]21C.